The van der Waals surface area contributed by atoms with Gasteiger partial charge in [0.15, 0.2) is 5.78 Å². The van der Waals surface area contributed by atoms with Gasteiger partial charge in [0.05, 0.1) is 6.10 Å². The highest BCUT2D eigenvalue weighted by molar-refractivity contribution is 5.98. The minimum Gasteiger partial charge on any atom is -0.378 e. The van der Waals surface area contributed by atoms with E-state index in [9.17, 15) is 9.59 Å². The highest BCUT2D eigenvalue weighted by Gasteiger charge is 2.15. The molecule has 1 saturated carbocycles. The van der Waals surface area contributed by atoms with E-state index in [1.54, 1.807) is 0 Å². The number of carbonyl (C=O) groups is 2. The van der Waals surface area contributed by atoms with Gasteiger partial charge in [-0.2, -0.15) is 0 Å². The molecule has 1 aromatic carbocycles. The molecule has 0 aliphatic heterocycles. The Morgan fingerprint density at radius 2 is 1.74 bits per heavy atom. The Balaban J connectivity index is 1.30. The second-order valence-corrected chi connectivity index (χ2v) is 7.95. The number of Topliss-reactive ketones (excluding diaryl/α,β-unsaturated/α-hetero) is 1. The maximum atomic E-state index is 12.4. The Morgan fingerprint density at radius 3 is 2.56 bits per heavy atom. The average molecular weight is 372 g/mol. The van der Waals surface area contributed by atoms with Gasteiger partial charge in [0.2, 0.25) is 5.91 Å². The van der Waals surface area contributed by atoms with E-state index in [0.717, 1.165) is 24.8 Å². The first-order valence-electron chi connectivity index (χ1n) is 10.8. The number of carbonyl (C=O) groups excluding carboxylic acids is 2. The number of hydrogen-bond donors (Lipinski definition) is 1. The minimum atomic E-state index is -0.0426. The Bertz CT molecular complexity index is 635. The minimum absolute atomic E-state index is 0.0426. The van der Waals surface area contributed by atoms with Gasteiger partial charge in [0.25, 0.3) is 0 Å². The highest BCUT2D eigenvalue weighted by atomic mass is 16.5. The van der Waals surface area contributed by atoms with Gasteiger partial charge in [-0.05, 0) is 62.1 Å². The summed E-state index contributed by atoms with van der Waals surface area (Å²) in [6, 6.07) is 6.05. The molecule has 0 radical (unpaired) electrons. The van der Waals surface area contributed by atoms with E-state index >= 15 is 0 Å². The normalized spacial score (nSPS) is 17.3. The number of ketones is 1. The van der Waals surface area contributed by atoms with E-state index in [0.29, 0.717) is 19.3 Å². The number of rotatable bonds is 9. The van der Waals surface area contributed by atoms with Crippen molar-refractivity contribution in [2.24, 2.45) is 0 Å². The Labute approximate surface area is 163 Å². The van der Waals surface area contributed by atoms with Crippen LogP contribution in [0.25, 0.3) is 0 Å². The zero-order chi connectivity index (χ0) is 18.9. The van der Waals surface area contributed by atoms with Gasteiger partial charge < -0.3 is 10.1 Å². The Kier molecular flexibility index (Phi) is 7.88. The molecule has 0 saturated heterocycles. The zero-order valence-corrected chi connectivity index (χ0v) is 16.4. The molecule has 2 aliphatic rings. The van der Waals surface area contributed by atoms with Gasteiger partial charge in [0.1, 0.15) is 0 Å². The fraction of sp³-hybridized carbons (Fsp3) is 0.652. The van der Waals surface area contributed by atoms with Gasteiger partial charge in [-0.1, -0.05) is 31.4 Å². The van der Waals surface area contributed by atoms with Crippen molar-refractivity contribution < 1.29 is 14.3 Å². The molecule has 1 N–H and O–H groups in total. The molecule has 2 aliphatic carbocycles. The summed E-state index contributed by atoms with van der Waals surface area (Å²) in [5.74, 6) is 0.0260. The molecule has 4 nitrogen and oxygen atoms in total. The van der Waals surface area contributed by atoms with Gasteiger partial charge >= 0.3 is 0 Å². The largest absolute Gasteiger partial charge is 0.378 e. The van der Waals surface area contributed by atoms with Crippen molar-refractivity contribution in [3.8, 4) is 0 Å². The molecular weight excluding hydrogens is 338 g/mol. The fourth-order valence-electron chi connectivity index (χ4n) is 4.15. The summed E-state index contributed by atoms with van der Waals surface area (Å²) in [5, 5.41) is 2.91. The van der Waals surface area contributed by atoms with Crippen molar-refractivity contribution in [3.05, 3.63) is 34.9 Å². The summed E-state index contributed by atoms with van der Waals surface area (Å²) in [4.78, 5) is 24.4. The number of ether oxygens (including phenoxy) is 1. The van der Waals surface area contributed by atoms with Gasteiger partial charge in [-0.15, -0.1) is 0 Å². The van der Waals surface area contributed by atoms with E-state index in [1.807, 2.05) is 12.1 Å². The van der Waals surface area contributed by atoms with Crippen LogP contribution in [-0.4, -0.2) is 30.9 Å². The van der Waals surface area contributed by atoms with E-state index in [-0.39, 0.29) is 24.5 Å². The van der Waals surface area contributed by atoms with Crippen LogP contribution in [-0.2, 0) is 22.4 Å². The molecule has 1 aromatic rings. The lowest BCUT2D eigenvalue weighted by atomic mass is 9.89. The van der Waals surface area contributed by atoms with Crippen LogP contribution in [0.2, 0.25) is 0 Å². The third kappa shape index (κ3) is 6.46. The summed E-state index contributed by atoms with van der Waals surface area (Å²) in [5.41, 5.74) is 3.45. The molecule has 0 unspecified atom stereocenters. The predicted octanol–water partition coefficient (Wildman–Crippen LogP) is 4.38. The van der Waals surface area contributed by atoms with Crippen LogP contribution in [0.3, 0.4) is 0 Å². The monoisotopic (exact) mass is 371 g/mol. The smallest absolute Gasteiger partial charge is 0.220 e. The second kappa shape index (κ2) is 10.6. The molecule has 148 valence electrons. The maximum absolute atomic E-state index is 12.4. The van der Waals surface area contributed by atoms with Crippen LogP contribution >= 0.6 is 0 Å². The van der Waals surface area contributed by atoms with Gasteiger partial charge in [-0.3, -0.25) is 9.59 Å². The zero-order valence-electron chi connectivity index (χ0n) is 16.4. The Morgan fingerprint density at radius 1 is 0.963 bits per heavy atom. The summed E-state index contributed by atoms with van der Waals surface area (Å²) < 4.78 is 5.86. The SMILES string of the molecule is O=C(CCC(=O)c1ccc2c(c1)CCCC2)NCCCOC1CCCCC1. The van der Waals surface area contributed by atoms with E-state index in [2.05, 4.69) is 11.4 Å². The van der Waals surface area contributed by atoms with Crippen LogP contribution in [0.1, 0.15) is 85.7 Å². The maximum Gasteiger partial charge on any atom is 0.220 e. The first kappa shape index (κ1) is 20.1. The van der Waals surface area contributed by atoms with E-state index < -0.39 is 0 Å². The molecule has 0 spiro atoms. The number of fused-ring (bicyclic) bond motifs is 1. The van der Waals surface area contributed by atoms with Crippen LogP contribution in [0, 0.1) is 0 Å². The molecule has 0 heterocycles. The van der Waals surface area contributed by atoms with Crippen molar-refractivity contribution in [2.75, 3.05) is 13.2 Å². The molecule has 0 aromatic heterocycles. The molecule has 0 atom stereocenters. The summed E-state index contributed by atoms with van der Waals surface area (Å²) in [6.07, 6.45) is 12.7. The van der Waals surface area contributed by atoms with E-state index in [4.69, 9.17) is 4.74 Å². The van der Waals surface area contributed by atoms with Crippen molar-refractivity contribution >= 4 is 11.7 Å². The molecule has 3 rings (SSSR count). The van der Waals surface area contributed by atoms with E-state index in [1.165, 1.54) is 56.1 Å². The lowest BCUT2D eigenvalue weighted by Crippen LogP contribution is -2.26. The standard InChI is InChI=1S/C23H33NO3/c25-22(20-12-11-18-7-4-5-8-19(18)17-20)13-14-23(26)24-15-6-16-27-21-9-2-1-3-10-21/h11-12,17,21H,1-10,13-16H2,(H,24,26). The molecule has 4 heteroatoms. The average Bonchev–Trinajstić information content (AvgIpc) is 2.72. The first-order chi connectivity index (χ1) is 13.2. The molecule has 1 fully saturated rings. The third-order valence-electron chi connectivity index (χ3n) is 5.80. The molecule has 27 heavy (non-hydrogen) atoms. The lowest BCUT2D eigenvalue weighted by Gasteiger charge is -2.21. The van der Waals surface area contributed by atoms with Crippen molar-refractivity contribution in [1.82, 2.24) is 5.32 Å². The van der Waals surface area contributed by atoms with Gasteiger partial charge in [-0.25, -0.2) is 0 Å². The molecular formula is C23H33NO3. The van der Waals surface area contributed by atoms with Gasteiger partial charge in [0, 0.05) is 31.6 Å². The Hall–Kier alpha value is -1.68. The lowest BCUT2D eigenvalue weighted by molar-refractivity contribution is -0.121. The predicted molar refractivity (Wildman–Crippen MR) is 107 cm³/mol. The topological polar surface area (TPSA) is 55.4 Å². The number of aryl methyl sites for hydroxylation is 2. The van der Waals surface area contributed by atoms with Crippen LogP contribution in [0.15, 0.2) is 18.2 Å². The highest BCUT2D eigenvalue weighted by Crippen LogP contribution is 2.23. The number of hydrogen-bond acceptors (Lipinski definition) is 3. The van der Waals surface area contributed by atoms with Crippen LogP contribution in [0.5, 0.6) is 0 Å². The van der Waals surface area contributed by atoms with Crippen molar-refractivity contribution in [2.45, 2.75) is 83.2 Å². The van der Waals surface area contributed by atoms with Crippen molar-refractivity contribution in [1.29, 1.82) is 0 Å². The number of benzene rings is 1. The second-order valence-electron chi connectivity index (χ2n) is 7.95. The molecule has 1 amide bonds. The first-order valence-corrected chi connectivity index (χ1v) is 10.8. The summed E-state index contributed by atoms with van der Waals surface area (Å²) >= 11 is 0. The molecule has 0 bridgehead atoms. The van der Waals surface area contributed by atoms with Crippen LogP contribution < -0.4 is 5.32 Å². The van der Waals surface area contributed by atoms with Crippen molar-refractivity contribution in [3.63, 3.8) is 0 Å². The summed E-state index contributed by atoms with van der Waals surface area (Å²) in [7, 11) is 0. The fourth-order valence-corrected chi connectivity index (χ4v) is 4.15. The number of amides is 1. The third-order valence-corrected chi connectivity index (χ3v) is 5.80. The quantitative estimate of drug-likeness (QED) is 0.517. The summed E-state index contributed by atoms with van der Waals surface area (Å²) in [6.45, 7) is 1.33. The number of nitrogens with one attached hydrogen (secondary N) is 1. The van der Waals surface area contributed by atoms with Crippen LogP contribution in [0.4, 0.5) is 0 Å².